The Bertz CT molecular complexity index is 456. The number of hydrogen-bond acceptors (Lipinski definition) is 4. The van der Waals surface area contributed by atoms with Crippen molar-refractivity contribution in [3.05, 3.63) is 17.5 Å². The van der Waals surface area contributed by atoms with Crippen LogP contribution in [0.1, 0.15) is 40.3 Å². The van der Waals surface area contributed by atoms with Gasteiger partial charge in [0.2, 0.25) is 5.76 Å². The number of halogens is 3. The summed E-state index contributed by atoms with van der Waals surface area (Å²) in [7, 11) is 0. The fraction of sp³-hybridized carbons (Fsp3) is 0.500. The van der Waals surface area contributed by atoms with E-state index in [4.69, 9.17) is 5.11 Å². The standard InChI is InChI=1S/C10H11F3N2O4/c11-10(12,13)3-1-2-4-14-8(16)6-5-7(9(17)18)19-15-6/h5H,1-4H2,(H,14,16)(H,17,18). The van der Waals surface area contributed by atoms with Crippen molar-refractivity contribution in [3.63, 3.8) is 0 Å². The van der Waals surface area contributed by atoms with Crippen LogP contribution in [0.25, 0.3) is 0 Å². The minimum atomic E-state index is -4.20. The number of aromatic nitrogens is 1. The van der Waals surface area contributed by atoms with E-state index in [1.165, 1.54) is 0 Å². The minimum absolute atomic E-state index is 0.0458. The van der Waals surface area contributed by atoms with Crippen LogP contribution in [0.15, 0.2) is 10.6 Å². The van der Waals surface area contributed by atoms with Gasteiger partial charge in [-0.2, -0.15) is 13.2 Å². The first kappa shape index (κ1) is 15.0. The normalized spacial score (nSPS) is 11.3. The third-order valence-electron chi connectivity index (χ3n) is 2.13. The summed E-state index contributed by atoms with van der Waals surface area (Å²) in [5.74, 6) is -2.54. The average Bonchev–Trinajstić information content (AvgIpc) is 2.76. The van der Waals surface area contributed by atoms with Gasteiger partial charge in [0.05, 0.1) is 0 Å². The first-order chi connectivity index (χ1) is 8.79. The minimum Gasteiger partial charge on any atom is -0.475 e. The maximum Gasteiger partial charge on any atom is 0.389 e. The van der Waals surface area contributed by atoms with Gasteiger partial charge in [0, 0.05) is 19.0 Å². The zero-order valence-corrected chi connectivity index (χ0v) is 9.66. The SMILES string of the molecule is O=C(NCCCCC(F)(F)F)c1cc(C(=O)O)on1. The maximum absolute atomic E-state index is 11.8. The van der Waals surface area contributed by atoms with Crippen molar-refractivity contribution in [3.8, 4) is 0 Å². The Labute approximate surface area is 105 Å². The number of carboxylic acid groups (broad SMARTS) is 1. The van der Waals surface area contributed by atoms with Gasteiger partial charge in [-0.15, -0.1) is 0 Å². The van der Waals surface area contributed by atoms with Crippen LogP contribution in [0.4, 0.5) is 13.2 Å². The summed E-state index contributed by atoms with van der Waals surface area (Å²) in [5, 5.41) is 14.1. The summed E-state index contributed by atoms with van der Waals surface area (Å²) in [6, 6.07) is 0.938. The number of hydrogen-bond donors (Lipinski definition) is 2. The fourth-order valence-electron chi connectivity index (χ4n) is 1.23. The molecule has 1 aromatic rings. The van der Waals surface area contributed by atoms with Crippen molar-refractivity contribution < 1.29 is 32.4 Å². The third kappa shape index (κ3) is 5.40. The Balaban J connectivity index is 2.29. The molecule has 0 aliphatic heterocycles. The lowest BCUT2D eigenvalue weighted by atomic mass is 10.2. The number of nitrogens with one attached hydrogen (secondary N) is 1. The van der Waals surface area contributed by atoms with Crippen molar-refractivity contribution in [1.29, 1.82) is 0 Å². The lowest BCUT2D eigenvalue weighted by Gasteiger charge is -2.05. The van der Waals surface area contributed by atoms with Gasteiger partial charge < -0.3 is 14.9 Å². The molecule has 0 aromatic carbocycles. The number of rotatable bonds is 6. The Kier molecular flexibility index (Phi) is 4.90. The Morgan fingerprint density at radius 3 is 2.58 bits per heavy atom. The van der Waals surface area contributed by atoms with E-state index in [9.17, 15) is 22.8 Å². The number of unbranched alkanes of at least 4 members (excludes halogenated alkanes) is 1. The molecule has 2 N–H and O–H groups in total. The molecule has 0 saturated carbocycles. The second-order valence-electron chi connectivity index (χ2n) is 3.71. The molecular weight excluding hydrogens is 269 g/mol. The molecule has 1 heterocycles. The summed E-state index contributed by atoms with van der Waals surface area (Å²) in [6.07, 6.45) is -5.04. The lowest BCUT2D eigenvalue weighted by molar-refractivity contribution is -0.135. The molecule has 0 radical (unpaired) electrons. The van der Waals surface area contributed by atoms with Crippen LogP contribution < -0.4 is 5.32 Å². The van der Waals surface area contributed by atoms with Gasteiger partial charge in [0.1, 0.15) is 0 Å². The molecular formula is C10H11F3N2O4. The van der Waals surface area contributed by atoms with Gasteiger partial charge in [0.25, 0.3) is 5.91 Å². The molecule has 0 unspecified atom stereocenters. The summed E-state index contributed by atoms with van der Waals surface area (Å²) >= 11 is 0. The van der Waals surface area contributed by atoms with E-state index in [-0.39, 0.29) is 25.1 Å². The van der Waals surface area contributed by atoms with E-state index < -0.39 is 30.2 Å². The van der Waals surface area contributed by atoms with Crippen molar-refractivity contribution >= 4 is 11.9 Å². The fourth-order valence-corrected chi connectivity index (χ4v) is 1.23. The van der Waals surface area contributed by atoms with Crippen LogP contribution in [0.2, 0.25) is 0 Å². The van der Waals surface area contributed by atoms with E-state index in [0.717, 1.165) is 6.07 Å². The zero-order chi connectivity index (χ0) is 14.5. The number of carbonyl (C=O) groups excluding carboxylic acids is 1. The number of alkyl halides is 3. The van der Waals surface area contributed by atoms with Crippen LogP contribution >= 0.6 is 0 Å². The van der Waals surface area contributed by atoms with Gasteiger partial charge in [-0.25, -0.2) is 4.79 Å². The van der Waals surface area contributed by atoms with E-state index in [1.54, 1.807) is 0 Å². The largest absolute Gasteiger partial charge is 0.475 e. The van der Waals surface area contributed by atoms with Crippen molar-refractivity contribution in [2.24, 2.45) is 0 Å². The Morgan fingerprint density at radius 1 is 1.37 bits per heavy atom. The van der Waals surface area contributed by atoms with Crippen LogP contribution in [0.5, 0.6) is 0 Å². The second-order valence-corrected chi connectivity index (χ2v) is 3.71. The van der Waals surface area contributed by atoms with Crippen LogP contribution in [0.3, 0.4) is 0 Å². The van der Waals surface area contributed by atoms with Crippen LogP contribution in [-0.4, -0.2) is 34.9 Å². The molecule has 1 rings (SSSR count). The summed E-state index contributed by atoms with van der Waals surface area (Å²) in [5.41, 5.74) is -0.228. The molecule has 1 aromatic heterocycles. The van der Waals surface area contributed by atoms with Gasteiger partial charge >= 0.3 is 12.1 Å². The summed E-state index contributed by atoms with van der Waals surface area (Å²) in [4.78, 5) is 21.8. The highest BCUT2D eigenvalue weighted by atomic mass is 19.4. The van der Waals surface area contributed by atoms with Gasteiger partial charge in [-0.3, -0.25) is 4.79 Å². The molecule has 0 saturated heterocycles. The third-order valence-corrected chi connectivity index (χ3v) is 2.13. The number of carbonyl (C=O) groups is 2. The summed E-state index contributed by atoms with van der Waals surface area (Å²) < 4.78 is 39.8. The molecule has 0 atom stereocenters. The predicted octanol–water partition coefficient (Wildman–Crippen LogP) is 1.84. The van der Waals surface area contributed by atoms with Crippen molar-refractivity contribution in [2.45, 2.75) is 25.4 Å². The monoisotopic (exact) mass is 280 g/mol. The smallest absolute Gasteiger partial charge is 0.389 e. The second kappa shape index (κ2) is 6.21. The molecule has 106 valence electrons. The maximum atomic E-state index is 11.8. The molecule has 9 heteroatoms. The number of carboxylic acids is 1. The first-order valence-electron chi connectivity index (χ1n) is 5.34. The predicted molar refractivity (Wildman–Crippen MR) is 55.7 cm³/mol. The van der Waals surface area contributed by atoms with E-state index in [2.05, 4.69) is 15.0 Å². The molecule has 0 fully saturated rings. The van der Waals surface area contributed by atoms with Crippen molar-refractivity contribution in [2.75, 3.05) is 6.54 Å². The molecule has 0 aliphatic rings. The van der Waals surface area contributed by atoms with E-state index >= 15 is 0 Å². The number of amides is 1. The highest BCUT2D eigenvalue weighted by Crippen LogP contribution is 2.21. The molecule has 6 nitrogen and oxygen atoms in total. The molecule has 19 heavy (non-hydrogen) atoms. The topological polar surface area (TPSA) is 92.4 Å². The van der Waals surface area contributed by atoms with Gasteiger partial charge in [-0.1, -0.05) is 5.16 Å². The zero-order valence-electron chi connectivity index (χ0n) is 9.66. The molecule has 0 aliphatic carbocycles. The Hall–Kier alpha value is -2.06. The van der Waals surface area contributed by atoms with Gasteiger partial charge in [0.15, 0.2) is 5.69 Å². The molecule has 1 amide bonds. The van der Waals surface area contributed by atoms with E-state index in [0.29, 0.717) is 0 Å². The Morgan fingerprint density at radius 2 is 2.05 bits per heavy atom. The average molecular weight is 280 g/mol. The van der Waals surface area contributed by atoms with Crippen LogP contribution in [-0.2, 0) is 0 Å². The number of nitrogens with zero attached hydrogens (tertiary/aromatic N) is 1. The van der Waals surface area contributed by atoms with Crippen LogP contribution in [0, 0.1) is 0 Å². The summed E-state index contributed by atoms with van der Waals surface area (Å²) in [6.45, 7) is 0.0458. The van der Waals surface area contributed by atoms with Crippen molar-refractivity contribution in [1.82, 2.24) is 10.5 Å². The number of aromatic carboxylic acids is 1. The van der Waals surface area contributed by atoms with Gasteiger partial charge in [-0.05, 0) is 12.8 Å². The molecule has 0 spiro atoms. The molecule has 0 bridgehead atoms. The quantitative estimate of drug-likeness (QED) is 0.775. The highest BCUT2D eigenvalue weighted by molar-refractivity contribution is 5.94. The van der Waals surface area contributed by atoms with E-state index in [1.807, 2.05) is 0 Å². The first-order valence-corrected chi connectivity index (χ1v) is 5.34. The lowest BCUT2D eigenvalue weighted by Crippen LogP contribution is -2.25. The highest BCUT2D eigenvalue weighted by Gasteiger charge is 2.25.